The Labute approximate surface area is 185 Å². The molecular formula is C21H20F2N4O6. The van der Waals surface area contributed by atoms with Gasteiger partial charge in [0.05, 0.1) is 32.6 Å². The molecule has 0 spiro atoms. The molecule has 5 rings (SSSR count). The first-order valence-electron chi connectivity index (χ1n) is 10.3. The first kappa shape index (κ1) is 21.3. The lowest BCUT2D eigenvalue weighted by Gasteiger charge is -2.46. The number of carbonyl (C=O) groups excluding carboxylic acids is 2. The van der Waals surface area contributed by atoms with E-state index in [1.807, 2.05) is 0 Å². The van der Waals surface area contributed by atoms with Crippen molar-refractivity contribution in [2.75, 3.05) is 38.4 Å². The van der Waals surface area contributed by atoms with Crippen LogP contribution in [-0.2, 0) is 11.3 Å². The maximum Gasteiger partial charge on any atom is 0.278 e. The summed E-state index contributed by atoms with van der Waals surface area (Å²) >= 11 is 0. The van der Waals surface area contributed by atoms with Gasteiger partial charge in [0.15, 0.2) is 11.4 Å². The van der Waals surface area contributed by atoms with Crippen LogP contribution in [0.2, 0.25) is 0 Å². The number of aliphatic hydroxyl groups is 1. The van der Waals surface area contributed by atoms with E-state index in [1.165, 1.54) is 17.9 Å². The maximum absolute atomic E-state index is 14.0. The van der Waals surface area contributed by atoms with Crippen LogP contribution in [0, 0.1) is 11.6 Å². The van der Waals surface area contributed by atoms with Crippen LogP contribution in [0.25, 0.3) is 0 Å². The van der Waals surface area contributed by atoms with Gasteiger partial charge in [-0.25, -0.2) is 13.5 Å². The van der Waals surface area contributed by atoms with E-state index >= 15 is 0 Å². The van der Waals surface area contributed by atoms with Gasteiger partial charge >= 0.3 is 0 Å². The molecular weight excluding hydrogens is 442 g/mol. The van der Waals surface area contributed by atoms with Gasteiger partial charge in [0.25, 0.3) is 11.8 Å². The molecule has 1 aromatic heterocycles. The Morgan fingerprint density at radius 3 is 2.85 bits per heavy atom. The zero-order chi connectivity index (χ0) is 23.4. The molecule has 10 nitrogen and oxygen atoms in total. The number of hydrogen-bond acceptors (Lipinski definition) is 7. The van der Waals surface area contributed by atoms with Gasteiger partial charge in [-0.2, -0.15) is 0 Å². The zero-order valence-electron chi connectivity index (χ0n) is 17.5. The summed E-state index contributed by atoms with van der Waals surface area (Å²) in [6.07, 6.45) is -1.77. The molecule has 1 saturated heterocycles. The van der Waals surface area contributed by atoms with Crippen molar-refractivity contribution in [3.63, 3.8) is 0 Å². The molecule has 0 aliphatic carbocycles. The molecule has 2 amide bonds. The summed E-state index contributed by atoms with van der Waals surface area (Å²) in [6.45, 7) is 0.519. The Kier molecular flexibility index (Phi) is 5.05. The fourth-order valence-corrected chi connectivity index (χ4v) is 4.57. The van der Waals surface area contributed by atoms with Gasteiger partial charge in [-0.3, -0.25) is 19.4 Å². The van der Waals surface area contributed by atoms with Crippen molar-refractivity contribution >= 4 is 11.8 Å². The number of morpholine rings is 1. The number of aliphatic hydroxyl groups excluding tert-OH is 1. The van der Waals surface area contributed by atoms with Gasteiger partial charge in [0, 0.05) is 24.7 Å². The Balaban J connectivity index is 1.59. The van der Waals surface area contributed by atoms with Crippen LogP contribution < -0.4 is 20.5 Å². The third-order valence-electron chi connectivity index (χ3n) is 6.07. The lowest BCUT2D eigenvalue weighted by molar-refractivity contribution is -0.0163. The second-order valence-electron chi connectivity index (χ2n) is 7.89. The normalized spacial score (nSPS) is 21.0. The van der Waals surface area contributed by atoms with E-state index in [0.717, 1.165) is 6.07 Å². The minimum absolute atomic E-state index is 0.0125. The molecule has 2 aromatic rings. The molecule has 0 bridgehead atoms. The molecule has 1 fully saturated rings. The number of halogens is 2. The number of nitrogens with zero attached hydrogens (tertiary/aromatic N) is 3. The maximum atomic E-state index is 14.0. The molecule has 12 heteroatoms. The van der Waals surface area contributed by atoms with E-state index in [4.69, 9.17) is 9.47 Å². The number of benzene rings is 1. The molecule has 1 aromatic carbocycles. The van der Waals surface area contributed by atoms with E-state index in [2.05, 4.69) is 5.32 Å². The van der Waals surface area contributed by atoms with Gasteiger partial charge < -0.3 is 24.8 Å². The first-order chi connectivity index (χ1) is 15.8. The number of pyridine rings is 1. The van der Waals surface area contributed by atoms with E-state index < -0.39 is 46.7 Å². The number of methoxy groups -OCH3 is 1. The fraction of sp³-hybridized carbons (Fsp3) is 0.381. The van der Waals surface area contributed by atoms with E-state index in [0.29, 0.717) is 19.2 Å². The highest BCUT2D eigenvalue weighted by molar-refractivity contribution is 6.01. The first-order valence-corrected chi connectivity index (χ1v) is 10.3. The van der Waals surface area contributed by atoms with Crippen LogP contribution in [0.5, 0.6) is 5.75 Å². The summed E-state index contributed by atoms with van der Waals surface area (Å²) < 4.78 is 39.2. The summed E-state index contributed by atoms with van der Waals surface area (Å²) in [4.78, 5) is 41.1. The van der Waals surface area contributed by atoms with E-state index in [-0.39, 0.29) is 42.4 Å². The highest BCUT2D eigenvalue weighted by atomic mass is 19.1. The van der Waals surface area contributed by atoms with Crippen LogP contribution in [0.4, 0.5) is 8.78 Å². The molecule has 0 radical (unpaired) electrons. The quantitative estimate of drug-likeness (QED) is 0.651. The highest BCUT2D eigenvalue weighted by Gasteiger charge is 2.49. The summed E-state index contributed by atoms with van der Waals surface area (Å²) in [6, 6.07) is 2.91. The lowest BCUT2D eigenvalue weighted by atomic mass is 10.1. The van der Waals surface area contributed by atoms with Crippen molar-refractivity contribution < 1.29 is 33.0 Å². The van der Waals surface area contributed by atoms with Crippen LogP contribution in [0.3, 0.4) is 0 Å². The number of carbonyl (C=O) groups is 2. The molecule has 4 heterocycles. The van der Waals surface area contributed by atoms with Crippen molar-refractivity contribution in [1.29, 1.82) is 0 Å². The second-order valence-corrected chi connectivity index (χ2v) is 7.89. The predicted octanol–water partition coefficient (Wildman–Crippen LogP) is -0.138. The molecule has 3 aliphatic rings. The van der Waals surface area contributed by atoms with Crippen molar-refractivity contribution in [2.45, 2.75) is 18.8 Å². The summed E-state index contributed by atoms with van der Waals surface area (Å²) in [5, 5.41) is 14.9. The predicted molar refractivity (Wildman–Crippen MR) is 108 cm³/mol. The number of aromatic nitrogens is 1. The Hall–Kier alpha value is -3.51. The molecule has 2 atom stereocenters. The third kappa shape index (κ3) is 3.16. The number of ether oxygens (including phenoxy) is 2. The Morgan fingerprint density at radius 1 is 1.33 bits per heavy atom. The number of fused-ring (bicyclic) bond motifs is 2. The molecule has 3 aliphatic heterocycles. The fourth-order valence-electron chi connectivity index (χ4n) is 4.57. The number of nitrogens with one attached hydrogen (secondary N) is 1. The number of rotatable bonds is 4. The average Bonchev–Trinajstić information content (AvgIpc) is 3.13. The van der Waals surface area contributed by atoms with Gasteiger partial charge in [-0.15, -0.1) is 0 Å². The van der Waals surface area contributed by atoms with Gasteiger partial charge in [0.1, 0.15) is 29.5 Å². The summed E-state index contributed by atoms with van der Waals surface area (Å²) in [5.41, 5.74) is -1.39. The molecule has 2 unspecified atom stereocenters. The van der Waals surface area contributed by atoms with Crippen LogP contribution in [-0.4, -0.2) is 66.1 Å². The monoisotopic (exact) mass is 462 g/mol. The third-order valence-corrected chi connectivity index (χ3v) is 6.07. The highest BCUT2D eigenvalue weighted by Crippen LogP contribution is 2.36. The van der Waals surface area contributed by atoms with E-state index in [1.54, 1.807) is 9.91 Å². The lowest BCUT2D eigenvalue weighted by Crippen LogP contribution is -2.64. The smallest absolute Gasteiger partial charge is 0.278 e. The Bertz CT molecular complexity index is 1230. The average molecular weight is 462 g/mol. The summed E-state index contributed by atoms with van der Waals surface area (Å²) in [7, 11) is 1.21. The second kappa shape index (κ2) is 7.81. The number of hydrogen-bond donors (Lipinski definition) is 2. The van der Waals surface area contributed by atoms with Gasteiger partial charge in [-0.1, -0.05) is 6.07 Å². The molecule has 0 saturated carbocycles. The molecule has 33 heavy (non-hydrogen) atoms. The Morgan fingerprint density at radius 2 is 2.12 bits per heavy atom. The van der Waals surface area contributed by atoms with Crippen molar-refractivity contribution in [3.8, 4) is 5.75 Å². The van der Waals surface area contributed by atoms with Crippen LogP contribution >= 0.6 is 0 Å². The minimum Gasteiger partial charge on any atom is -0.491 e. The van der Waals surface area contributed by atoms with Gasteiger partial charge in [-0.05, 0) is 6.07 Å². The van der Waals surface area contributed by atoms with Crippen LogP contribution in [0.15, 0.2) is 23.0 Å². The van der Waals surface area contributed by atoms with Gasteiger partial charge in [0.2, 0.25) is 5.43 Å². The molecule has 174 valence electrons. The standard InChI is InChI=1S/C21H20F2N4O6/c1-32-19-17-21(31)25-4-5-33-9-14(25)26-8-13(28)16(27(17)26)15(18(19)29)20(30)24-7-10-2-3-11(22)6-12(10)23/h2-3,6,13-14,28H,4-5,7-9H2,1H3,(H,24,30). The summed E-state index contributed by atoms with van der Waals surface area (Å²) in [5.74, 6) is -3.30. The van der Waals surface area contributed by atoms with Crippen molar-refractivity contribution in [1.82, 2.24) is 14.9 Å². The SMILES string of the molecule is COc1c2n3c(c(C(=O)NCc4ccc(F)cc4F)c1=O)C(O)CN3C1COCCN1C2=O. The molecule has 2 N–H and O–H groups in total. The van der Waals surface area contributed by atoms with Crippen molar-refractivity contribution in [3.05, 3.63) is 62.6 Å². The van der Waals surface area contributed by atoms with Crippen LogP contribution in [0.1, 0.15) is 38.2 Å². The largest absolute Gasteiger partial charge is 0.491 e. The van der Waals surface area contributed by atoms with Crippen molar-refractivity contribution in [2.24, 2.45) is 0 Å². The number of amides is 2. The van der Waals surface area contributed by atoms with E-state index in [9.17, 15) is 28.3 Å². The minimum atomic E-state index is -1.25. The topological polar surface area (TPSA) is 113 Å². The zero-order valence-corrected chi connectivity index (χ0v) is 17.5.